The third kappa shape index (κ3) is 3.62. The summed E-state index contributed by atoms with van der Waals surface area (Å²) in [6.45, 7) is 4.36. The summed E-state index contributed by atoms with van der Waals surface area (Å²) < 4.78 is 2.12. The first-order valence-corrected chi connectivity index (χ1v) is 10.1. The van der Waals surface area contributed by atoms with Crippen LogP contribution in [0.5, 0.6) is 0 Å². The number of para-hydroxylation sites is 1. The van der Waals surface area contributed by atoms with Crippen molar-refractivity contribution in [1.29, 1.82) is 0 Å². The molecule has 1 aromatic heterocycles. The van der Waals surface area contributed by atoms with Gasteiger partial charge in [0.25, 0.3) is 0 Å². The molecule has 1 unspecified atom stereocenters. The normalized spacial score (nSPS) is 13.6. The lowest BCUT2D eigenvalue weighted by Gasteiger charge is -2.33. The number of rotatable bonds is 6. The van der Waals surface area contributed by atoms with Gasteiger partial charge in [0.15, 0.2) is 0 Å². The van der Waals surface area contributed by atoms with Crippen LogP contribution in [0.4, 0.5) is 0 Å². The molecule has 3 aromatic carbocycles. The van der Waals surface area contributed by atoms with Crippen LogP contribution < -0.4 is 0 Å². The van der Waals surface area contributed by atoms with Crippen molar-refractivity contribution in [2.75, 3.05) is 0 Å². The van der Waals surface area contributed by atoms with Crippen LogP contribution >= 0.6 is 11.8 Å². The summed E-state index contributed by atoms with van der Waals surface area (Å²) in [5, 5.41) is 9.02. The van der Waals surface area contributed by atoms with E-state index in [-0.39, 0.29) is 4.87 Å². The van der Waals surface area contributed by atoms with Crippen molar-refractivity contribution in [3.63, 3.8) is 0 Å². The maximum absolute atomic E-state index is 4.59. The maximum Gasteiger partial charge on any atom is 0.118 e. The van der Waals surface area contributed by atoms with Crippen LogP contribution in [-0.4, -0.2) is 15.0 Å². The highest BCUT2D eigenvalue weighted by molar-refractivity contribution is 8.00. The first-order valence-electron chi connectivity index (χ1n) is 9.31. The molecule has 0 saturated heterocycles. The van der Waals surface area contributed by atoms with Crippen molar-refractivity contribution in [2.24, 2.45) is 0 Å². The Morgan fingerprint density at radius 3 is 2.33 bits per heavy atom. The molecule has 4 aromatic rings. The lowest BCUT2D eigenvalue weighted by molar-refractivity contribution is 0.387. The Hall–Kier alpha value is -2.59. The lowest BCUT2D eigenvalue weighted by atomic mass is 10.0. The van der Waals surface area contributed by atoms with Crippen LogP contribution in [-0.2, 0) is 11.3 Å². The van der Waals surface area contributed by atoms with E-state index < -0.39 is 0 Å². The SMILES string of the molecule is CCC(Cc1ccc(C)cc1)(Sc1ccccc1)n1nnc2ccccc21. The summed E-state index contributed by atoms with van der Waals surface area (Å²) in [5.41, 5.74) is 4.61. The molecule has 0 aliphatic rings. The average Bonchev–Trinajstić information content (AvgIpc) is 3.15. The predicted molar refractivity (Wildman–Crippen MR) is 113 cm³/mol. The molecular formula is C23H23N3S. The quantitative estimate of drug-likeness (QED) is 0.398. The molecule has 0 radical (unpaired) electrons. The Morgan fingerprint density at radius 2 is 1.59 bits per heavy atom. The molecular weight excluding hydrogens is 350 g/mol. The highest BCUT2D eigenvalue weighted by Crippen LogP contribution is 2.43. The molecule has 1 heterocycles. The number of hydrogen-bond donors (Lipinski definition) is 0. The van der Waals surface area contributed by atoms with E-state index in [1.54, 1.807) is 0 Å². The molecule has 0 N–H and O–H groups in total. The second kappa shape index (κ2) is 7.57. The summed E-state index contributed by atoms with van der Waals surface area (Å²) in [6, 6.07) is 27.6. The van der Waals surface area contributed by atoms with E-state index in [4.69, 9.17) is 0 Å². The monoisotopic (exact) mass is 373 g/mol. The van der Waals surface area contributed by atoms with E-state index >= 15 is 0 Å². The van der Waals surface area contributed by atoms with E-state index in [0.717, 1.165) is 23.9 Å². The Balaban J connectivity index is 1.83. The zero-order chi connectivity index (χ0) is 18.7. The fraction of sp³-hybridized carbons (Fsp3) is 0.217. The van der Waals surface area contributed by atoms with Crippen LogP contribution in [0, 0.1) is 6.92 Å². The highest BCUT2D eigenvalue weighted by Gasteiger charge is 2.34. The van der Waals surface area contributed by atoms with Crippen LogP contribution in [0.2, 0.25) is 0 Å². The van der Waals surface area contributed by atoms with Crippen molar-refractivity contribution in [2.45, 2.75) is 36.5 Å². The zero-order valence-corrected chi connectivity index (χ0v) is 16.5. The van der Waals surface area contributed by atoms with Gasteiger partial charge in [-0.3, -0.25) is 0 Å². The number of aryl methyl sites for hydroxylation is 1. The largest absolute Gasteiger partial charge is 0.228 e. The number of thioether (sulfide) groups is 1. The van der Waals surface area contributed by atoms with Crippen molar-refractivity contribution in [3.8, 4) is 0 Å². The Labute approximate surface area is 164 Å². The van der Waals surface area contributed by atoms with Gasteiger partial charge < -0.3 is 0 Å². The number of aromatic nitrogens is 3. The zero-order valence-electron chi connectivity index (χ0n) is 15.7. The van der Waals surface area contributed by atoms with Crippen molar-refractivity contribution < 1.29 is 0 Å². The molecule has 0 fully saturated rings. The highest BCUT2D eigenvalue weighted by atomic mass is 32.2. The van der Waals surface area contributed by atoms with Crippen molar-refractivity contribution in [3.05, 3.63) is 90.0 Å². The van der Waals surface area contributed by atoms with E-state index in [2.05, 4.69) is 95.6 Å². The molecule has 0 aliphatic heterocycles. The number of fused-ring (bicyclic) bond motifs is 1. The molecule has 0 bridgehead atoms. The minimum Gasteiger partial charge on any atom is -0.228 e. The fourth-order valence-corrected chi connectivity index (χ4v) is 4.74. The van der Waals surface area contributed by atoms with E-state index in [9.17, 15) is 0 Å². The van der Waals surface area contributed by atoms with Crippen molar-refractivity contribution >= 4 is 22.8 Å². The third-order valence-corrected chi connectivity index (χ3v) is 6.44. The van der Waals surface area contributed by atoms with Gasteiger partial charge in [0, 0.05) is 11.3 Å². The predicted octanol–water partition coefficient (Wildman–Crippen LogP) is 5.84. The molecule has 0 saturated carbocycles. The summed E-state index contributed by atoms with van der Waals surface area (Å²) in [4.78, 5) is 0.998. The van der Waals surface area contributed by atoms with Crippen LogP contribution in [0.25, 0.3) is 11.0 Å². The van der Waals surface area contributed by atoms with Gasteiger partial charge in [-0.15, -0.1) is 5.10 Å². The second-order valence-electron chi connectivity index (χ2n) is 6.87. The van der Waals surface area contributed by atoms with Crippen LogP contribution in [0.15, 0.2) is 83.8 Å². The Morgan fingerprint density at radius 1 is 0.889 bits per heavy atom. The summed E-state index contributed by atoms with van der Waals surface area (Å²) in [7, 11) is 0. The molecule has 136 valence electrons. The molecule has 1 atom stereocenters. The van der Waals surface area contributed by atoms with E-state index in [0.29, 0.717) is 0 Å². The van der Waals surface area contributed by atoms with Gasteiger partial charge in [-0.05, 0) is 43.2 Å². The maximum atomic E-state index is 4.59. The van der Waals surface area contributed by atoms with Gasteiger partial charge in [0.1, 0.15) is 10.4 Å². The molecule has 0 aliphatic carbocycles. The number of nitrogens with zero attached hydrogens (tertiary/aromatic N) is 3. The second-order valence-corrected chi connectivity index (χ2v) is 8.30. The molecule has 0 spiro atoms. The number of benzene rings is 3. The fourth-order valence-electron chi connectivity index (χ4n) is 3.40. The summed E-state index contributed by atoms with van der Waals surface area (Å²) in [5.74, 6) is 0. The minimum atomic E-state index is -0.243. The average molecular weight is 374 g/mol. The third-order valence-electron chi connectivity index (χ3n) is 4.94. The van der Waals surface area contributed by atoms with Crippen LogP contribution in [0.1, 0.15) is 24.5 Å². The van der Waals surface area contributed by atoms with Gasteiger partial charge >= 0.3 is 0 Å². The minimum absolute atomic E-state index is 0.243. The molecule has 0 amide bonds. The van der Waals surface area contributed by atoms with E-state index in [1.807, 2.05) is 23.9 Å². The van der Waals surface area contributed by atoms with Crippen LogP contribution in [0.3, 0.4) is 0 Å². The Bertz CT molecular complexity index is 1020. The standard InChI is InChI=1S/C23H23N3S/c1-3-23(27-20-9-5-4-6-10-20,17-19-15-13-18(2)14-16-19)26-22-12-8-7-11-21(22)24-25-26/h4-16H,3,17H2,1-2H3. The van der Waals surface area contributed by atoms with Gasteiger partial charge in [-0.2, -0.15) is 0 Å². The molecule has 4 rings (SSSR count). The summed E-state index contributed by atoms with van der Waals surface area (Å²) in [6.07, 6.45) is 1.82. The first kappa shape index (κ1) is 17.8. The molecule has 4 heteroatoms. The van der Waals surface area contributed by atoms with Gasteiger partial charge in [0.05, 0.1) is 5.52 Å². The first-order chi connectivity index (χ1) is 13.2. The van der Waals surface area contributed by atoms with Gasteiger partial charge in [-0.25, -0.2) is 4.68 Å². The lowest BCUT2D eigenvalue weighted by Crippen LogP contribution is -2.33. The van der Waals surface area contributed by atoms with Crippen molar-refractivity contribution in [1.82, 2.24) is 15.0 Å². The molecule has 3 nitrogen and oxygen atoms in total. The Kier molecular flexibility index (Phi) is 4.99. The number of hydrogen-bond acceptors (Lipinski definition) is 3. The van der Waals surface area contributed by atoms with E-state index in [1.165, 1.54) is 16.0 Å². The van der Waals surface area contributed by atoms with Gasteiger partial charge in [0.2, 0.25) is 0 Å². The summed E-state index contributed by atoms with van der Waals surface area (Å²) >= 11 is 1.87. The smallest absolute Gasteiger partial charge is 0.118 e. The van der Waals surface area contributed by atoms with Gasteiger partial charge in [-0.1, -0.05) is 84.1 Å². The molecule has 27 heavy (non-hydrogen) atoms. The topological polar surface area (TPSA) is 30.7 Å².